The molecule has 0 spiro atoms. The Kier molecular flexibility index (Phi) is 5.96. The van der Waals surface area contributed by atoms with Crippen LogP contribution in [-0.4, -0.2) is 28.5 Å². The van der Waals surface area contributed by atoms with E-state index < -0.39 is 5.91 Å². The maximum absolute atomic E-state index is 12.8. The number of nitrogens with one attached hydrogen (secondary N) is 1. The SMILES string of the molecule is Cc1c(/C=C/C(=O)N2CCc3ccc(C(=O)NO)cc3C2)cccc1-c1ccccc1. The van der Waals surface area contributed by atoms with Crippen molar-refractivity contribution in [3.05, 3.63) is 101 Å². The summed E-state index contributed by atoms with van der Waals surface area (Å²) in [6.45, 7) is 3.14. The summed E-state index contributed by atoms with van der Waals surface area (Å²) in [6.07, 6.45) is 4.22. The second-order valence-electron chi connectivity index (χ2n) is 7.65. The summed E-state index contributed by atoms with van der Waals surface area (Å²) in [5.74, 6) is -0.618. The van der Waals surface area contributed by atoms with Gasteiger partial charge in [-0.3, -0.25) is 14.8 Å². The molecule has 156 valence electrons. The third-order valence-corrected chi connectivity index (χ3v) is 5.76. The average molecular weight is 412 g/mol. The van der Waals surface area contributed by atoms with Gasteiger partial charge >= 0.3 is 0 Å². The number of carbonyl (C=O) groups excluding carboxylic acids is 2. The summed E-state index contributed by atoms with van der Waals surface area (Å²) in [5.41, 5.74) is 8.51. The van der Waals surface area contributed by atoms with Gasteiger partial charge in [0.25, 0.3) is 5.91 Å². The van der Waals surface area contributed by atoms with Gasteiger partial charge in [0.05, 0.1) is 0 Å². The van der Waals surface area contributed by atoms with Gasteiger partial charge in [-0.15, -0.1) is 0 Å². The highest BCUT2D eigenvalue weighted by molar-refractivity contribution is 5.94. The molecule has 0 unspecified atom stereocenters. The van der Waals surface area contributed by atoms with E-state index in [1.165, 1.54) is 0 Å². The molecule has 5 heteroatoms. The topological polar surface area (TPSA) is 69.6 Å². The smallest absolute Gasteiger partial charge is 0.274 e. The van der Waals surface area contributed by atoms with Gasteiger partial charge in [0.1, 0.15) is 0 Å². The molecule has 5 nitrogen and oxygen atoms in total. The van der Waals surface area contributed by atoms with Crippen LogP contribution >= 0.6 is 0 Å². The summed E-state index contributed by atoms with van der Waals surface area (Å²) >= 11 is 0. The quantitative estimate of drug-likeness (QED) is 0.380. The van der Waals surface area contributed by atoms with Crippen LogP contribution < -0.4 is 5.48 Å². The number of benzene rings is 3. The van der Waals surface area contributed by atoms with Crippen molar-refractivity contribution in [3.8, 4) is 11.1 Å². The molecule has 2 amide bonds. The fourth-order valence-electron chi connectivity index (χ4n) is 3.98. The molecule has 2 N–H and O–H groups in total. The van der Waals surface area contributed by atoms with E-state index in [-0.39, 0.29) is 5.91 Å². The van der Waals surface area contributed by atoms with Crippen LogP contribution in [0.3, 0.4) is 0 Å². The highest BCUT2D eigenvalue weighted by atomic mass is 16.5. The normalized spacial score (nSPS) is 13.2. The Bertz CT molecular complexity index is 1150. The second kappa shape index (κ2) is 8.98. The van der Waals surface area contributed by atoms with Crippen LogP contribution in [0, 0.1) is 6.92 Å². The molecule has 3 aromatic rings. The maximum atomic E-state index is 12.8. The molecule has 4 rings (SSSR count). The largest absolute Gasteiger partial charge is 0.334 e. The Hall–Kier alpha value is -3.70. The second-order valence-corrected chi connectivity index (χ2v) is 7.65. The van der Waals surface area contributed by atoms with E-state index in [0.717, 1.165) is 39.8 Å². The van der Waals surface area contributed by atoms with Gasteiger partial charge in [-0.05, 0) is 64.9 Å². The number of carbonyl (C=O) groups is 2. The number of hydroxylamine groups is 1. The Balaban J connectivity index is 1.51. The van der Waals surface area contributed by atoms with Crippen LogP contribution in [-0.2, 0) is 17.8 Å². The summed E-state index contributed by atoms with van der Waals surface area (Å²) in [5, 5.41) is 8.85. The molecule has 0 radical (unpaired) electrons. The summed E-state index contributed by atoms with van der Waals surface area (Å²) in [6, 6.07) is 21.6. The molecule has 0 bridgehead atoms. The van der Waals surface area contributed by atoms with Crippen molar-refractivity contribution in [2.45, 2.75) is 19.9 Å². The monoisotopic (exact) mass is 412 g/mol. The van der Waals surface area contributed by atoms with Crippen LogP contribution in [0.15, 0.2) is 72.8 Å². The van der Waals surface area contributed by atoms with Crippen LogP contribution in [0.2, 0.25) is 0 Å². The molecule has 0 saturated heterocycles. The minimum atomic E-state index is -0.556. The van der Waals surface area contributed by atoms with Crippen LogP contribution in [0.5, 0.6) is 0 Å². The molecule has 0 fully saturated rings. The lowest BCUT2D eigenvalue weighted by atomic mass is 9.96. The molecule has 0 atom stereocenters. The number of hydrogen-bond donors (Lipinski definition) is 2. The van der Waals surface area contributed by atoms with E-state index in [0.29, 0.717) is 18.7 Å². The van der Waals surface area contributed by atoms with E-state index in [2.05, 4.69) is 25.1 Å². The lowest BCUT2D eigenvalue weighted by Crippen LogP contribution is -2.35. The lowest BCUT2D eigenvalue weighted by molar-refractivity contribution is -0.126. The minimum Gasteiger partial charge on any atom is -0.334 e. The van der Waals surface area contributed by atoms with Crippen molar-refractivity contribution in [2.75, 3.05) is 6.54 Å². The summed E-state index contributed by atoms with van der Waals surface area (Å²) in [7, 11) is 0. The fourth-order valence-corrected chi connectivity index (χ4v) is 3.98. The van der Waals surface area contributed by atoms with Gasteiger partial charge in [-0.2, -0.15) is 0 Å². The zero-order valence-electron chi connectivity index (χ0n) is 17.3. The van der Waals surface area contributed by atoms with Gasteiger partial charge in [0, 0.05) is 24.7 Å². The van der Waals surface area contributed by atoms with Crippen molar-refractivity contribution in [3.63, 3.8) is 0 Å². The number of hydrogen-bond acceptors (Lipinski definition) is 3. The molecule has 0 aliphatic carbocycles. The van der Waals surface area contributed by atoms with Crippen molar-refractivity contribution in [2.24, 2.45) is 0 Å². The minimum absolute atomic E-state index is 0.0628. The molecule has 0 aromatic heterocycles. The van der Waals surface area contributed by atoms with E-state index in [1.54, 1.807) is 28.6 Å². The van der Waals surface area contributed by atoms with E-state index in [4.69, 9.17) is 5.21 Å². The van der Waals surface area contributed by atoms with Gasteiger partial charge in [-0.1, -0.05) is 54.6 Å². The predicted molar refractivity (Wildman–Crippen MR) is 120 cm³/mol. The van der Waals surface area contributed by atoms with Gasteiger partial charge in [0.2, 0.25) is 5.91 Å². The maximum Gasteiger partial charge on any atom is 0.274 e. The van der Waals surface area contributed by atoms with Crippen LogP contribution in [0.1, 0.15) is 32.6 Å². The first-order chi connectivity index (χ1) is 15.1. The Morgan fingerprint density at radius 1 is 1.00 bits per heavy atom. The highest BCUT2D eigenvalue weighted by Gasteiger charge is 2.20. The van der Waals surface area contributed by atoms with Crippen molar-refractivity contribution >= 4 is 17.9 Å². The van der Waals surface area contributed by atoms with Gasteiger partial charge in [0.15, 0.2) is 0 Å². The number of amides is 2. The number of nitrogens with zero attached hydrogens (tertiary/aromatic N) is 1. The van der Waals surface area contributed by atoms with Gasteiger partial charge in [-0.25, -0.2) is 5.48 Å². The van der Waals surface area contributed by atoms with E-state index in [1.807, 2.05) is 42.5 Å². The van der Waals surface area contributed by atoms with Crippen molar-refractivity contribution < 1.29 is 14.8 Å². The lowest BCUT2D eigenvalue weighted by Gasteiger charge is -2.28. The fraction of sp³-hybridized carbons (Fsp3) is 0.154. The zero-order chi connectivity index (χ0) is 21.8. The zero-order valence-corrected chi connectivity index (χ0v) is 17.3. The van der Waals surface area contributed by atoms with E-state index >= 15 is 0 Å². The molecule has 0 saturated carbocycles. The third-order valence-electron chi connectivity index (χ3n) is 5.76. The van der Waals surface area contributed by atoms with E-state index in [9.17, 15) is 9.59 Å². The molecule has 3 aromatic carbocycles. The first kappa shape index (κ1) is 20.6. The Labute approximate surface area is 181 Å². The molecular weight excluding hydrogens is 388 g/mol. The molecule has 1 aliphatic rings. The van der Waals surface area contributed by atoms with Crippen LogP contribution in [0.4, 0.5) is 0 Å². The molecular formula is C26H24N2O3. The van der Waals surface area contributed by atoms with Crippen LogP contribution in [0.25, 0.3) is 17.2 Å². The molecule has 1 heterocycles. The summed E-state index contributed by atoms with van der Waals surface area (Å²) in [4.78, 5) is 26.3. The third kappa shape index (κ3) is 4.42. The van der Waals surface area contributed by atoms with Crippen molar-refractivity contribution in [1.29, 1.82) is 0 Å². The molecule has 31 heavy (non-hydrogen) atoms. The van der Waals surface area contributed by atoms with Crippen molar-refractivity contribution in [1.82, 2.24) is 10.4 Å². The first-order valence-corrected chi connectivity index (χ1v) is 10.2. The Morgan fingerprint density at radius 2 is 1.81 bits per heavy atom. The number of rotatable bonds is 4. The standard InChI is InChI=1S/C26H24N2O3/c1-18-19(8-5-9-24(18)21-6-3-2-4-7-21)12-13-25(29)28-15-14-20-10-11-22(26(30)27-31)16-23(20)17-28/h2-13,16,31H,14-15,17H2,1H3,(H,27,30)/b13-12+. The summed E-state index contributed by atoms with van der Waals surface area (Å²) < 4.78 is 0. The Morgan fingerprint density at radius 3 is 2.58 bits per heavy atom. The molecule has 1 aliphatic heterocycles. The highest BCUT2D eigenvalue weighted by Crippen LogP contribution is 2.26. The van der Waals surface area contributed by atoms with Gasteiger partial charge < -0.3 is 4.90 Å². The predicted octanol–water partition coefficient (Wildman–Crippen LogP) is 4.38. The first-order valence-electron chi connectivity index (χ1n) is 10.2. The average Bonchev–Trinajstić information content (AvgIpc) is 2.82. The number of fused-ring (bicyclic) bond motifs is 1.